The molecule has 3 N–H and O–H groups in total. The summed E-state index contributed by atoms with van der Waals surface area (Å²) in [5.41, 5.74) is 6.39. The normalized spacial score (nSPS) is 9.87. The van der Waals surface area contributed by atoms with Crippen molar-refractivity contribution in [3.8, 4) is 6.07 Å². The lowest BCUT2D eigenvalue weighted by molar-refractivity contribution is -0.123. The van der Waals surface area contributed by atoms with E-state index in [-0.39, 0.29) is 35.2 Å². The van der Waals surface area contributed by atoms with Gasteiger partial charge in [-0.05, 0) is 12.1 Å². The van der Waals surface area contributed by atoms with Crippen molar-refractivity contribution in [3.63, 3.8) is 0 Å². The van der Waals surface area contributed by atoms with Gasteiger partial charge in [-0.2, -0.15) is 5.26 Å². The number of aromatic nitrogens is 2. The Labute approximate surface area is 136 Å². The molecule has 0 atom stereocenters. The molecule has 0 aliphatic rings. The summed E-state index contributed by atoms with van der Waals surface area (Å²) in [5.74, 6) is -0.510. The zero-order valence-electron chi connectivity index (χ0n) is 12.0. The highest BCUT2D eigenvalue weighted by molar-refractivity contribution is 7.99. The van der Waals surface area contributed by atoms with Gasteiger partial charge in [-0.3, -0.25) is 9.59 Å². The number of thioether (sulfide) groups is 1. The van der Waals surface area contributed by atoms with Crippen LogP contribution in [-0.2, 0) is 9.59 Å². The Hall–Kier alpha value is -2.92. The minimum Gasteiger partial charge on any atom is -0.382 e. The number of carbonyl (C=O) groups excluding carboxylic acids is 2. The van der Waals surface area contributed by atoms with E-state index >= 15 is 0 Å². The Balaban J connectivity index is 1.82. The maximum Gasteiger partial charge on any atom is 0.231 e. The number of hydrogen-bond acceptors (Lipinski definition) is 7. The van der Waals surface area contributed by atoms with Gasteiger partial charge in [-0.25, -0.2) is 9.97 Å². The van der Waals surface area contributed by atoms with Crippen LogP contribution in [0, 0.1) is 11.3 Å². The lowest BCUT2D eigenvalue weighted by Gasteiger charge is -2.04. The predicted octanol–water partition coefficient (Wildman–Crippen LogP) is 1.62. The molecule has 0 fully saturated rings. The van der Waals surface area contributed by atoms with Crippen LogP contribution >= 0.6 is 11.8 Å². The molecule has 8 heteroatoms. The number of ketones is 1. The molecular formula is C15H13N5O2S. The summed E-state index contributed by atoms with van der Waals surface area (Å²) in [6.45, 7) is 0. The third kappa shape index (κ3) is 5.09. The van der Waals surface area contributed by atoms with Gasteiger partial charge in [0.25, 0.3) is 0 Å². The number of nitrogens with zero attached hydrogens (tertiary/aromatic N) is 3. The molecular weight excluding hydrogens is 314 g/mol. The number of anilines is 2. The predicted molar refractivity (Wildman–Crippen MR) is 86.6 cm³/mol. The molecule has 1 amide bonds. The minimum absolute atomic E-state index is 0.0492. The minimum atomic E-state index is -0.373. The Morgan fingerprint density at radius 2 is 2.04 bits per heavy atom. The number of rotatable bonds is 6. The molecule has 116 valence electrons. The lowest BCUT2D eigenvalue weighted by Crippen LogP contribution is -2.17. The Kier molecular flexibility index (Phi) is 5.66. The van der Waals surface area contributed by atoms with E-state index < -0.39 is 0 Å². The number of nitrogens with two attached hydrogens (primary N) is 1. The van der Waals surface area contributed by atoms with Crippen molar-refractivity contribution in [2.24, 2.45) is 0 Å². The molecule has 0 aliphatic carbocycles. The molecule has 23 heavy (non-hydrogen) atoms. The first-order chi connectivity index (χ1) is 11.1. The van der Waals surface area contributed by atoms with Crippen molar-refractivity contribution in [1.82, 2.24) is 9.97 Å². The van der Waals surface area contributed by atoms with Crippen LogP contribution in [0.25, 0.3) is 0 Å². The van der Waals surface area contributed by atoms with Crippen molar-refractivity contribution in [1.29, 1.82) is 5.26 Å². The number of amides is 1. The molecule has 0 aliphatic heterocycles. The largest absolute Gasteiger partial charge is 0.382 e. The highest BCUT2D eigenvalue weighted by Crippen LogP contribution is 2.16. The maximum atomic E-state index is 11.8. The standard InChI is InChI=1S/C15H13N5O2S/c16-7-10-8-18-15(20-14(10)17)23-9-12(21)6-13(22)19-11-4-2-1-3-5-11/h1-5,8H,6,9H2,(H,19,22)(H2,17,18,20). The Bertz CT molecular complexity index is 758. The van der Waals surface area contributed by atoms with Gasteiger partial charge in [0.1, 0.15) is 17.5 Å². The van der Waals surface area contributed by atoms with Crippen LogP contribution in [0.3, 0.4) is 0 Å². The van der Waals surface area contributed by atoms with Crippen LogP contribution in [0.1, 0.15) is 12.0 Å². The average molecular weight is 327 g/mol. The highest BCUT2D eigenvalue weighted by Gasteiger charge is 2.12. The Morgan fingerprint density at radius 3 is 2.70 bits per heavy atom. The van der Waals surface area contributed by atoms with E-state index in [0.29, 0.717) is 10.8 Å². The summed E-state index contributed by atoms with van der Waals surface area (Å²) in [6.07, 6.45) is 1.07. The SMILES string of the molecule is N#Cc1cnc(SCC(=O)CC(=O)Nc2ccccc2)nc1N. The van der Waals surface area contributed by atoms with Crippen molar-refractivity contribution in [3.05, 3.63) is 42.1 Å². The van der Waals surface area contributed by atoms with E-state index in [1.54, 1.807) is 24.3 Å². The number of para-hydroxylation sites is 1. The van der Waals surface area contributed by atoms with Gasteiger partial charge in [0, 0.05) is 5.69 Å². The number of nitriles is 1. The van der Waals surface area contributed by atoms with Crippen LogP contribution in [-0.4, -0.2) is 27.4 Å². The molecule has 1 aromatic heterocycles. The van der Waals surface area contributed by atoms with Gasteiger partial charge in [0.05, 0.1) is 18.4 Å². The molecule has 0 bridgehead atoms. The summed E-state index contributed by atoms with van der Waals surface area (Å²) < 4.78 is 0. The first-order valence-electron chi connectivity index (χ1n) is 6.60. The summed E-state index contributed by atoms with van der Waals surface area (Å²) in [5, 5.41) is 11.7. The second-order valence-corrected chi connectivity index (χ2v) is 5.42. The van der Waals surface area contributed by atoms with Crippen LogP contribution in [0.15, 0.2) is 41.7 Å². The van der Waals surface area contributed by atoms with E-state index in [4.69, 9.17) is 11.0 Å². The van der Waals surface area contributed by atoms with Gasteiger partial charge in [0.2, 0.25) is 5.91 Å². The summed E-state index contributed by atoms with van der Waals surface area (Å²) in [4.78, 5) is 31.4. The third-order valence-corrected chi connectivity index (χ3v) is 3.62. The quantitative estimate of drug-likeness (QED) is 0.469. The number of nitrogens with one attached hydrogen (secondary N) is 1. The van der Waals surface area contributed by atoms with E-state index in [9.17, 15) is 9.59 Å². The first kappa shape index (κ1) is 16.5. The zero-order valence-corrected chi connectivity index (χ0v) is 12.8. The third-order valence-electron chi connectivity index (χ3n) is 2.69. The van der Waals surface area contributed by atoms with Gasteiger partial charge in [-0.15, -0.1) is 0 Å². The van der Waals surface area contributed by atoms with E-state index in [1.807, 2.05) is 12.1 Å². The average Bonchev–Trinajstić information content (AvgIpc) is 2.54. The lowest BCUT2D eigenvalue weighted by atomic mass is 10.2. The van der Waals surface area contributed by atoms with Crippen LogP contribution in [0.5, 0.6) is 0 Å². The van der Waals surface area contributed by atoms with E-state index in [1.165, 1.54) is 6.20 Å². The smallest absolute Gasteiger partial charge is 0.231 e. The van der Waals surface area contributed by atoms with E-state index in [0.717, 1.165) is 11.8 Å². The molecule has 2 rings (SSSR count). The van der Waals surface area contributed by atoms with Gasteiger partial charge in [-0.1, -0.05) is 30.0 Å². The maximum absolute atomic E-state index is 11.8. The van der Waals surface area contributed by atoms with Crippen molar-refractivity contribution in [2.75, 3.05) is 16.8 Å². The molecule has 7 nitrogen and oxygen atoms in total. The van der Waals surface area contributed by atoms with Crippen LogP contribution < -0.4 is 11.1 Å². The van der Waals surface area contributed by atoms with Crippen LogP contribution in [0.2, 0.25) is 0 Å². The van der Waals surface area contributed by atoms with E-state index in [2.05, 4.69) is 15.3 Å². The number of nitrogen functional groups attached to an aromatic ring is 1. The summed E-state index contributed by atoms with van der Waals surface area (Å²) in [6, 6.07) is 10.8. The second kappa shape index (κ2) is 7.91. The fourth-order valence-electron chi connectivity index (χ4n) is 1.64. The number of Topliss-reactive ketones (excluding diaryl/α,β-unsaturated/α-hetero) is 1. The molecule has 0 spiro atoms. The number of benzene rings is 1. The Morgan fingerprint density at radius 1 is 1.30 bits per heavy atom. The summed E-state index contributed by atoms with van der Waals surface area (Å²) in [7, 11) is 0. The topological polar surface area (TPSA) is 122 Å². The number of hydrogen-bond donors (Lipinski definition) is 2. The fraction of sp³-hybridized carbons (Fsp3) is 0.133. The zero-order chi connectivity index (χ0) is 16.7. The molecule has 0 radical (unpaired) electrons. The monoisotopic (exact) mass is 327 g/mol. The highest BCUT2D eigenvalue weighted by atomic mass is 32.2. The fourth-order valence-corrected chi connectivity index (χ4v) is 2.32. The molecule has 0 unspecified atom stereocenters. The summed E-state index contributed by atoms with van der Waals surface area (Å²) >= 11 is 1.07. The molecule has 2 aromatic rings. The number of carbonyl (C=O) groups is 2. The van der Waals surface area contributed by atoms with Gasteiger partial charge in [0.15, 0.2) is 10.9 Å². The molecule has 0 saturated heterocycles. The molecule has 1 heterocycles. The molecule has 1 aromatic carbocycles. The molecule has 0 saturated carbocycles. The van der Waals surface area contributed by atoms with Crippen molar-refractivity contribution < 1.29 is 9.59 Å². The van der Waals surface area contributed by atoms with Crippen molar-refractivity contribution in [2.45, 2.75) is 11.6 Å². The second-order valence-electron chi connectivity index (χ2n) is 4.48. The van der Waals surface area contributed by atoms with Crippen molar-refractivity contribution >= 4 is 35.0 Å². The van der Waals surface area contributed by atoms with Gasteiger partial charge >= 0.3 is 0 Å². The van der Waals surface area contributed by atoms with Gasteiger partial charge < -0.3 is 11.1 Å². The van der Waals surface area contributed by atoms with Crippen LogP contribution in [0.4, 0.5) is 11.5 Å². The first-order valence-corrected chi connectivity index (χ1v) is 7.59.